The van der Waals surface area contributed by atoms with E-state index in [4.69, 9.17) is 4.74 Å². The van der Waals surface area contributed by atoms with Crippen molar-refractivity contribution < 1.29 is 4.74 Å². The van der Waals surface area contributed by atoms with Gasteiger partial charge in [0.1, 0.15) is 18.1 Å². The zero-order valence-corrected chi connectivity index (χ0v) is 14.3. The minimum Gasteiger partial charge on any atom is -0.438 e. The van der Waals surface area contributed by atoms with Crippen LogP contribution >= 0.6 is 0 Å². The molecule has 0 aliphatic heterocycles. The number of nitrogens with one attached hydrogen (secondary N) is 1. The molecule has 0 saturated carbocycles. The van der Waals surface area contributed by atoms with Crippen LogP contribution in [0.5, 0.6) is 11.6 Å². The lowest BCUT2D eigenvalue weighted by Crippen LogP contribution is -1.97. The molecule has 0 fully saturated rings. The molecule has 0 aliphatic carbocycles. The molecule has 3 heterocycles. The SMILES string of the molecule is Cc1cc(Oc2nccc3[nH]ccc23)ccc1-c1c(C)ncnc1C#N. The highest BCUT2D eigenvalue weighted by Gasteiger charge is 2.14. The average Bonchev–Trinajstić information content (AvgIpc) is 3.12. The highest BCUT2D eigenvalue weighted by atomic mass is 16.5. The number of benzene rings is 1. The van der Waals surface area contributed by atoms with Crippen molar-refractivity contribution in [2.75, 3.05) is 0 Å². The first-order chi connectivity index (χ1) is 12.7. The van der Waals surface area contributed by atoms with Gasteiger partial charge in [-0.1, -0.05) is 6.07 Å². The van der Waals surface area contributed by atoms with E-state index in [-0.39, 0.29) is 0 Å². The van der Waals surface area contributed by atoms with Crippen LogP contribution in [-0.4, -0.2) is 19.9 Å². The van der Waals surface area contributed by atoms with Gasteiger partial charge in [-0.3, -0.25) is 0 Å². The fourth-order valence-electron chi connectivity index (χ4n) is 3.01. The Labute approximate surface area is 150 Å². The van der Waals surface area contributed by atoms with Crippen LogP contribution in [0.2, 0.25) is 0 Å². The first-order valence-electron chi connectivity index (χ1n) is 8.10. The van der Waals surface area contributed by atoms with Crippen LogP contribution in [0.15, 0.2) is 49.1 Å². The highest BCUT2D eigenvalue weighted by Crippen LogP contribution is 2.33. The zero-order chi connectivity index (χ0) is 18.1. The Morgan fingerprint density at radius 1 is 1.08 bits per heavy atom. The van der Waals surface area contributed by atoms with Crippen molar-refractivity contribution >= 4 is 10.9 Å². The smallest absolute Gasteiger partial charge is 0.228 e. The van der Waals surface area contributed by atoms with Crippen molar-refractivity contribution in [2.45, 2.75) is 13.8 Å². The molecule has 0 unspecified atom stereocenters. The molecule has 0 bridgehead atoms. The third-order valence-corrected chi connectivity index (χ3v) is 4.27. The van der Waals surface area contributed by atoms with Gasteiger partial charge in [-0.05, 0) is 49.2 Å². The molecule has 4 rings (SSSR count). The number of hydrogen-bond donors (Lipinski definition) is 1. The maximum atomic E-state index is 9.35. The molecule has 0 saturated heterocycles. The molecule has 0 spiro atoms. The summed E-state index contributed by atoms with van der Waals surface area (Å²) in [5.41, 5.74) is 4.75. The molecule has 26 heavy (non-hydrogen) atoms. The Kier molecular flexibility index (Phi) is 3.82. The molecule has 6 nitrogen and oxygen atoms in total. The lowest BCUT2D eigenvalue weighted by molar-refractivity contribution is 0.469. The summed E-state index contributed by atoms with van der Waals surface area (Å²) < 4.78 is 5.98. The summed E-state index contributed by atoms with van der Waals surface area (Å²) in [6.45, 7) is 3.85. The van der Waals surface area contributed by atoms with Crippen LogP contribution in [0, 0.1) is 25.2 Å². The highest BCUT2D eigenvalue weighted by molar-refractivity contribution is 5.84. The summed E-state index contributed by atoms with van der Waals surface area (Å²) in [6, 6.07) is 11.7. The van der Waals surface area contributed by atoms with E-state index in [0.29, 0.717) is 17.3 Å². The number of aryl methyl sites for hydroxylation is 2. The maximum absolute atomic E-state index is 9.35. The fourth-order valence-corrected chi connectivity index (χ4v) is 3.01. The van der Waals surface area contributed by atoms with Crippen LogP contribution in [0.1, 0.15) is 17.0 Å². The van der Waals surface area contributed by atoms with Crippen molar-refractivity contribution in [3.8, 4) is 28.8 Å². The van der Waals surface area contributed by atoms with Crippen molar-refractivity contribution in [3.63, 3.8) is 0 Å². The summed E-state index contributed by atoms with van der Waals surface area (Å²) in [6.07, 6.45) is 4.97. The van der Waals surface area contributed by atoms with Crippen LogP contribution in [0.25, 0.3) is 22.0 Å². The molecule has 0 amide bonds. The first kappa shape index (κ1) is 15.8. The number of nitriles is 1. The van der Waals surface area contributed by atoms with E-state index in [9.17, 15) is 5.26 Å². The van der Waals surface area contributed by atoms with E-state index in [0.717, 1.165) is 33.3 Å². The van der Waals surface area contributed by atoms with Gasteiger partial charge >= 0.3 is 0 Å². The van der Waals surface area contributed by atoms with Gasteiger partial charge in [0.2, 0.25) is 5.88 Å². The molecule has 6 heteroatoms. The van der Waals surface area contributed by atoms with Crippen LogP contribution in [0.4, 0.5) is 0 Å². The lowest BCUT2D eigenvalue weighted by atomic mass is 9.98. The predicted molar refractivity (Wildman–Crippen MR) is 97.8 cm³/mol. The van der Waals surface area contributed by atoms with Gasteiger partial charge in [0.05, 0.1) is 10.9 Å². The van der Waals surface area contributed by atoms with Gasteiger partial charge in [-0.2, -0.15) is 5.26 Å². The van der Waals surface area contributed by atoms with Gasteiger partial charge in [0.25, 0.3) is 0 Å². The molecule has 0 aliphatic rings. The molecule has 126 valence electrons. The summed E-state index contributed by atoms with van der Waals surface area (Å²) in [5, 5.41) is 10.3. The van der Waals surface area contributed by atoms with Crippen molar-refractivity contribution in [1.82, 2.24) is 19.9 Å². The quantitative estimate of drug-likeness (QED) is 0.600. The van der Waals surface area contributed by atoms with Crippen molar-refractivity contribution in [3.05, 3.63) is 66.0 Å². The number of rotatable bonds is 3. The van der Waals surface area contributed by atoms with E-state index in [1.54, 1.807) is 6.20 Å². The third kappa shape index (κ3) is 2.66. The zero-order valence-electron chi connectivity index (χ0n) is 14.3. The summed E-state index contributed by atoms with van der Waals surface area (Å²) in [7, 11) is 0. The van der Waals surface area contributed by atoms with E-state index in [1.165, 1.54) is 6.33 Å². The van der Waals surface area contributed by atoms with Crippen LogP contribution in [-0.2, 0) is 0 Å². The molecule has 3 aromatic heterocycles. The maximum Gasteiger partial charge on any atom is 0.228 e. The number of H-pyrrole nitrogens is 1. The molecular weight excluding hydrogens is 326 g/mol. The Hall–Kier alpha value is -3.72. The summed E-state index contributed by atoms with van der Waals surface area (Å²) in [4.78, 5) is 15.8. The molecule has 0 atom stereocenters. The molecule has 4 aromatic rings. The summed E-state index contributed by atoms with van der Waals surface area (Å²) in [5.74, 6) is 1.23. The van der Waals surface area contributed by atoms with Gasteiger partial charge in [0.15, 0.2) is 5.69 Å². The average molecular weight is 341 g/mol. The second-order valence-corrected chi connectivity index (χ2v) is 5.93. The molecule has 0 radical (unpaired) electrons. The number of fused-ring (bicyclic) bond motifs is 1. The standard InChI is InChI=1S/C20H15N5O/c1-12-9-14(26-20-16-5-7-22-17(16)6-8-23-20)3-4-15(12)19-13(2)24-11-25-18(19)10-21/h3-9,11,22H,1-2H3. The molecule has 1 aromatic carbocycles. The number of hydrogen-bond acceptors (Lipinski definition) is 5. The minimum atomic E-state index is 0.369. The lowest BCUT2D eigenvalue weighted by Gasteiger charge is -2.12. The van der Waals surface area contributed by atoms with E-state index in [1.807, 2.05) is 50.4 Å². The number of aromatic nitrogens is 4. The summed E-state index contributed by atoms with van der Waals surface area (Å²) >= 11 is 0. The monoisotopic (exact) mass is 341 g/mol. The van der Waals surface area contributed by atoms with E-state index in [2.05, 4.69) is 26.0 Å². The first-order valence-corrected chi connectivity index (χ1v) is 8.10. The Bertz CT molecular complexity index is 1160. The van der Waals surface area contributed by atoms with E-state index < -0.39 is 0 Å². The van der Waals surface area contributed by atoms with Crippen molar-refractivity contribution in [1.29, 1.82) is 5.26 Å². The Balaban J connectivity index is 1.74. The largest absolute Gasteiger partial charge is 0.438 e. The minimum absolute atomic E-state index is 0.369. The Morgan fingerprint density at radius 2 is 1.96 bits per heavy atom. The van der Waals surface area contributed by atoms with E-state index >= 15 is 0 Å². The van der Waals surface area contributed by atoms with Gasteiger partial charge < -0.3 is 9.72 Å². The third-order valence-electron chi connectivity index (χ3n) is 4.27. The predicted octanol–water partition coefficient (Wildman–Crippen LogP) is 4.30. The number of pyridine rings is 1. The second kappa shape index (κ2) is 6.30. The second-order valence-electron chi connectivity index (χ2n) is 5.93. The fraction of sp³-hybridized carbons (Fsp3) is 0.100. The van der Waals surface area contributed by atoms with Gasteiger partial charge in [0, 0.05) is 23.7 Å². The van der Waals surface area contributed by atoms with Crippen molar-refractivity contribution in [2.24, 2.45) is 0 Å². The van der Waals surface area contributed by atoms with Gasteiger partial charge in [-0.15, -0.1) is 0 Å². The Morgan fingerprint density at radius 3 is 2.77 bits per heavy atom. The normalized spacial score (nSPS) is 10.7. The molecule has 1 N–H and O–H groups in total. The molecular formula is C20H15N5O. The number of aromatic amines is 1. The topological polar surface area (TPSA) is 87.5 Å². The van der Waals surface area contributed by atoms with Crippen LogP contribution < -0.4 is 4.74 Å². The number of nitrogens with zero attached hydrogens (tertiary/aromatic N) is 4. The van der Waals surface area contributed by atoms with Gasteiger partial charge in [-0.25, -0.2) is 15.0 Å². The van der Waals surface area contributed by atoms with Crippen LogP contribution in [0.3, 0.4) is 0 Å². The number of ether oxygens (including phenoxy) is 1.